The van der Waals surface area contributed by atoms with Crippen LogP contribution in [0.15, 0.2) is 0 Å². The van der Waals surface area contributed by atoms with Gasteiger partial charge in [-0.05, 0) is 25.2 Å². The van der Waals surface area contributed by atoms with Crippen molar-refractivity contribution < 1.29 is 9.59 Å². The molecule has 0 N–H and O–H groups in total. The van der Waals surface area contributed by atoms with Gasteiger partial charge in [0.15, 0.2) is 0 Å². The molecule has 2 unspecified atom stereocenters. The first-order valence-electron chi connectivity index (χ1n) is 5.72. The van der Waals surface area contributed by atoms with Gasteiger partial charge in [0, 0.05) is 12.5 Å². The third-order valence-corrected chi connectivity index (χ3v) is 4.82. The van der Waals surface area contributed by atoms with Crippen LogP contribution in [0.5, 0.6) is 0 Å². The number of hydrogen-bond donors (Lipinski definition) is 0. The number of carbonyl (C=O) groups excluding carboxylic acids is 2. The van der Waals surface area contributed by atoms with E-state index in [1.165, 1.54) is 4.90 Å². The summed E-state index contributed by atoms with van der Waals surface area (Å²) in [4.78, 5) is 25.8. The topological polar surface area (TPSA) is 37.4 Å². The van der Waals surface area contributed by atoms with E-state index in [1.807, 2.05) is 13.8 Å². The maximum Gasteiger partial charge on any atom is 0.235 e. The first-order valence-corrected chi connectivity index (χ1v) is 5.72. The van der Waals surface area contributed by atoms with Gasteiger partial charge in [0.05, 0.1) is 5.41 Å². The molecule has 1 saturated heterocycles. The normalized spacial score (nSPS) is 38.7. The summed E-state index contributed by atoms with van der Waals surface area (Å²) in [5, 5.41) is 0. The van der Waals surface area contributed by atoms with Crippen molar-refractivity contribution in [2.45, 2.75) is 40.5 Å². The van der Waals surface area contributed by atoms with Crippen molar-refractivity contribution in [1.82, 2.24) is 4.90 Å². The largest absolute Gasteiger partial charge is 0.282 e. The SMILES string of the molecule is CCN1C(=O)C2CCC(C)(C1=O)C2(C)C. The number of likely N-dealkylation sites (tertiary alicyclic amines) is 1. The molecule has 2 atom stereocenters. The zero-order valence-corrected chi connectivity index (χ0v) is 9.96. The molecular formula is C12H19NO2. The second kappa shape index (κ2) is 2.83. The quantitative estimate of drug-likeness (QED) is 0.618. The van der Waals surface area contributed by atoms with Gasteiger partial charge in [-0.25, -0.2) is 0 Å². The van der Waals surface area contributed by atoms with Crippen LogP contribution in [0, 0.1) is 16.7 Å². The molecule has 84 valence electrons. The summed E-state index contributed by atoms with van der Waals surface area (Å²) in [6.07, 6.45) is 1.72. The summed E-state index contributed by atoms with van der Waals surface area (Å²) >= 11 is 0. The number of nitrogens with zero attached hydrogens (tertiary/aromatic N) is 1. The zero-order valence-electron chi connectivity index (χ0n) is 9.96. The van der Waals surface area contributed by atoms with Crippen LogP contribution >= 0.6 is 0 Å². The summed E-state index contributed by atoms with van der Waals surface area (Å²) in [5.74, 6) is 0.122. The summed E-state index contributed by atoms with van der Waals surface area (Å²) < 4.78 is 0. The second-order valence-electron chi connectivity index (χ2n) is 5.53. The molecule has 1 aliphatic carbocycles. The molecular weight excluding hydrogens is 190 g/mol. The molecule has 2 amide bonds. The van der Waals surface area contributed by atoms with Gasteiger partial charge in [0.1, 0.15) is 0 Å². The fourth-order valence-corrected chi connectivity index (χ4v) is 3.20. The van der Waals surface area contributed by atoms with Crippen LogP contribution in [-0.4, -0.2) is 23.3 Å². The molecule has 3 heteroatoms. The summed E-state index contributed by atoms with van der Waals surface area (Å²) in [5.41, 5.74) is -0.506. The van der Waals surface area contributed by atoms with Crippen LogP contribution in [0.2, 0.25) is 0 Å². The van der Waals surface area contributed by atoms with Crippen molar-refractivity contribution in [2.24, 2.45) is 16.7 Å². The van der Waals surface area contributed by atoms with Gasteiger partial charge < -0.3 is 0 Å². The molecule has 1 heterocycles. The standard InChI is InChI=1S/C12H19NO2/c1-5-13-9(14)8-6-7-12(4,10(13)15)11(8,2)3/h8H,5-7H2,1-4H3. The molecule has 0 radical (unpaired) electrons. The molecule has 2 bridgehead atoms. The van der Waals surface area contributed by atoms with Crippen molar-refractivity contribution in [3.05, 3.63) is 0 Å². The highest BCUT2D eigenvalue weighted by molar-refractivity contribution is 6.03. The molecule has 1 aliphatic heterocycles. The fourth-order valence-electron chi connectivity index (χ4n) is 3.20. The smallest absolute Gasteiger partial charge is 0.235 e. The van der Waals surface area contributed by atoms with Crippen molar-refractivity contribution >= 4 is 11.8 Å². The zero-order chi connectivity index (χ0) is 11.4. The average molecular weight is 209 g/mol. The Bertz CT molecular complexity index is 335. The molecule has 0 aromatic rings. The lowest BCUT2D eigenvalue weighted by atomic mass is 9.62. The number of fused-ring (bicyclic) bond motifs is 2. The van der Waals surface area contributed by atoms with E-state index >= 15 is 0 Å². The minimum absolute atomic E-state index is 0.0359. The van der Waals surface area contributed by atoms with E-state index in [9.17, 15) is 9.59 Å². The minimum Gasteiger partial charge on any atom is -0.282 e. The Balaban J connectivity index is 2.51. The van der Waals surface area contributed by atoms with Crippen LogP contribution in [0.25, 0.3) is 0 Å². The highest BCUT2D eigenvalue weighted by atomic mass is 16.2. The molecule has 2 rings (SSSR count). The first-order chi connectivity index (χ1) is 6.86. The summed E-state index contributed by atoms with van der Waals surface area (Å²) in [6.45, 7) is 8.53. The molecule has 0 spiro atoms. The van der Waals surface area contributed by atoms with Crippen LogP contribution in [0.3, 0.4) is 0 Å². The van der Waals surface area contributed by atoms with Gasteiger partial charge in [-0.2, -0.15) is 0 Å². The van der Waals surface area contributed by atoms with Gasteiger partial charge >= 0.3 is 0 Å². The number of piperidine rings is 1. The van der Waals surface area contributed by atoms with Crippen molar-refractivity contribution in [3.63, 3.8) is 0 Å². The molecule has 1 saturated carbocycles. The predicted octanol–water partition coefficient (Wildman–Crippen LogP) is 1.82. The van der Waals surface area contributed by atoms with E-state index in [4.69, 9.17) is 0 Å². The molecule has 15 heavy (non-hydrogen) atoms. The lowest BCUT2D eigenvalue weighted by Gasteiger charge is -2.47. The van der Waals surface area contributed by atoms with Gasteiger partial charge in [-0.1, -0.05) is 20.8 Å². The lowest BCUT2D eigenvalue weighted by Crippen LogP contribution is -2.58. The number of rotatable bonds is 1. The number of imide groups is 1. The molecule has 0 aromatic heterocycles. The highest BCUT2D eigenvalue weighted by Gasteiger charge is 2.63. The van der Waals surface area contributed by atoms with E-state index in [0.717, 1.165) is 12.8 Å². The maximum atomic E-state index is 12.3. The monoisotopic (exact) mass is 209 g/mol. The van der Waals surface area contributed by atoms with Crippen molar-refractivity contribution in [2.75, 3.05) is 6.54 Å². The molecule has 2 fully saturated rings. The van der Waals surface area contributed by atoms with Gasteiger partial charge in [0.2, 0.25) is 11.8 Å². The Morgan fingerprint density at radius 2 is 1.93 bits per heavy atom. The van der Waals surface area contributed by atoms with Crippen LogP contribution in [0.4, 0.5) is 0 Å². The van der Waals surface area contributed by atoms with E-state index in [-0.39, 0.29) is 28.6 Å². The van der Waals surface area contributed by atoms with Crippen molar-refractivity contribution in [1.29, 1.82) is 0 Å². The van der Waals surface area contributed by atoms with Crippen LogP contribution in [0.1, 0.15) is 40.5 Å². The fraction of sp³-hybridized carbons (Fsp3) is 0.833. The van der Waals surface area contributed by atoms with E-state index in [0.29, 0.717) is 6.54 Å². The van der Waals surface area contributed by atoms with Gasteiger partial charge in [-0.15, -0.1) is 0 Å². The highest BCUT2D eigenvalue weighted by Crippen LogP contribution is 2.59. The van der Waals surface area contributed by atoms with E-state index in [2.05, 4.69) is 13.8 Å². The number of hydrogen-bond acceptors (Lipinski definition) is 2. The van der Waals surface area contributed by atoms with E-state index in [1.54, 1.807) is 0 Å². The predicted molar refractivity (Wildman–Crippen MR) is 57.0 cm³/mol. The Hall–Kier alpha value is -0.860. The molecule has 0 aromatic carbocycles. The van der Waals surface area contributed by atoms with Crippen LogP contribution < -0.4 is 0 Å². The molecule has 2 aliphatic rings. The van der Waals surface area contributed by atoms with Gasteiger partial charge in [0.25, 0.3) is 0 Å². The average Bonchev–Trinajstić information content (AvgIpc) is 2.33. The summed E-state index contributed by atoms with van der Waals surface area (Å²) in [7, 11) is 0. The molecule has 3 nitrogen and oxygen atoms in total. The Kier molecular flexibility index (Phi) is 2.01. The van der Waals surface area contributed by atoms with Crippen LogP contribution in [-0.2, 0) is 9.59 Å². The third-order valence-electron chi connectivity index (χ3n) is 4.82. The Morgan fingerprint density at radius 3 is 2.47 bits per heavy atom. The lowest BCUT2D eigenvalue weighted by molar-refractivity contribution is -0.167. The minimum atomic E-state index is -0.332. The Labute approximate surface area is 90.8 Å². The second-order valence-corrected chi connectivity index (χ2v) is 5.53. The van der Waals surface area contributed by atoms with Crippen molar-refractivity contribution in [3.8, 4) is 0 Å². The Morgan fingerprint density at radius 1 is 1.33 bits per heavy atom. The van der Waals surface area contributed by atoms with E-state index < -0.39 is 0 Å². The number of carbonyl (C=O) groups is 2. The maximum absolute atomic E-state index is 12.3. The first kappa shape index (κ1) is 10.7. The third kappa shape index (κ3) is 1.01. The summed E-state index contributed by atoms with van der Waals surface area (Å²) in [6, 6.07) is 0. The van der Waals surface area contributed by atoms with Gasteiger partial charge in [-0.3, -0.25) is 14.5 Å². The number of amides is 2.